The molecule has 22 heavy (non-hydrogen) atoms. The highest BCUT2D eigenvalue weighted by Gasteiger charge is 2.31. The Bertz CT molecular complexity index is 541. The third-order valence-electron chi connectivity index (χ3n) is 3.49. The Hall–Kier alpha value is -1.96. The first-order valence-corrected chi connectivity index (χ1v) is 6.86. The van der Waals surface area contributed by atoms with E-state index in [0.29, 0.717) is 31.7 Å². The van der Waals surface area contributed by atoms with Crippen molar-refractivity contribution < 1.29 is 22.7 Å². The van der Waals surface area contributed by atoms with Crippen LogP contribution in [0, 0.1) is 6.92 Å². The normalized spacial score (nSPS) is 16.6. The molecule has 2 N–H and O–H groups in total. The van der Waals surface area contributed by atoms with E-state index in [-0.39, 0.29) is 18.2 Å². The summed E-state index contributed by atoms with van der Waals surface area (Å²) in [5.74, 6) is -0.584. The van der Waals surface area contributed by atoms with Crippen molar-refractivity contribution in [1.29, 1.82) is 0 Å². The van der Waals surface area contributed by atoms with E-state index in [9.17, 15) is 18.0 Å². The Morgan fingerprint density at radius 1 is 1.27 bits per heavy atom. The van der Waals surface area contributed by atoms with Crippen LogP contribution in [0.25, 0.3) is 0 Å². The number of halogens is 3. The van der Waals surface area contributed by atoms with Crippen LogP contribution in [0.15, 0.2) is 18.2 Å². The van der Waals surface area contributed by atoms with Crippen molar-refractivity contribution in [3.63, 3.8) is 0 Å². The number of benzene rings is 1. The van der Waals surface area contributed by atoms with Crippen LogP contribution in [0.2, 0.25) is 0 Å². The second-order valence-electron chi connectivity index (χ2n) is 5.23. The predicted molar refractivity (Wildman–Crippen MR) is 75.7 cm³/mol. The number of nitrogens with zero attached hydrogens (tertiary/aromatic N) is 2. The van der Waals surface area contributed by atoms with Crippen molar-refractivity contribution >= 4 is 11.6 Å². The average molecular weight is 317 g/mol. The molecule has 0 bridgehead atoms. The highest BCUT2D eigenvalue weighted by molar-refractivity contribution is 5.76. The average Bonchev–Trinajstić information content (AvgIpc) is 2.37. The topological polar surface area (TPSA) is 58.8 Å². The fourth-order valence-electron chi connectivity index (χ4n) is 2.55. The minimum atomic E-state index is -4.69. The molecule has 5 nitrogen and oxygen atoms in total. The minimum Gasteiger partial charge on any atom is -0.406 e. The number of ether oxygens (including phenoxy) is 1. The van der Waals surface area contributed by atoms with Crippen LogP contribution in [0.4, 0.5) is 18.9 Å². The molecule has 122 valence electrons. The molecule has 1 aromatic rings. The number of carbonyl (C=O) groups is 1. The first-order valence-electron chi connectivity index (χ1n) is 6.86. The van der Waals surface area contributed by atoms with Crippen LogP contribution in [0.1, 0.15) is 5.56 Å². The van der Waals surface area contributed by atoms with Gasteiger partial charge in [0.1, 0.15) is 5.75 Å². The quantitative estimate of drug-likeness (QED) is 0.914. The van der Waals surface area contributed by atoms with Gasteiger partial charge in [-0.3, -0.25) is 9.69 Å². The number of piperazine rings is 1. The molecule has 0 unspecified atom stereocenters. The highest BCUT2D eigenvalue weighted by Crippen LogP contribution is 2.29. The van der Waals surface area contributed by atoms with E-state index in [4.69, 9.17) is 5.73 Å². The molecule has 0 aromatic heterocycles. The molecule has 2 rings (SSSR count). The number of nitrogens with two attached hydrogens (primary N) is 1. The van der Waals surface area contributed by atoms with Gasteiger partial charge in [0.25, 0.3) is 0 Å². The smallest absolute Gasteiger partial charge is 0.406 e. The lowest BCUT2D eigenvalue weighted by Crippen LogP contribution is -2.49. The summed E-state index contributed by atoms with van der Waals surface area (Å²) in [6, 6.07) is 4.31. The highest BCUT2D eigenvalue weighted by atomic mass is 19.4. The Balaban J connectivity index is 2.00. The van der Waals surface area contributed by atoms with Gasteiger partial charge in [0, 0.05) is 31.9 Å². The lowest BCUT2D eigenvalue weighted by Gasteiger charge is -2.36. The summed E-state index contributed by atoms with van der Waals surface area (Å²) in [5, 5.41) is 0. The number of alkyl halides is 3. The fraction of sp³-hybridized carbons (Fsp3) is 0.500. The van der Waals surface area contributed by atoms with E-state index in [1.807, 2.05) is 4.90 Å². The fourth-order valence-corrected chi connectivity index (χ4v) is 2.55. The molecule has 1 saturated heterocycles. The maximum absolute atomic E-state index is 12.2. The lowest BCUT2D eigenvalue weighted by molar-refractivity contribution is -0.274. The van der Waals surface area contributed by atoms with Gasteiger partial charge in [-0.2, -0.15) is 0 Å². The molecule has 1 aliphatic rings. The monoisotopic (exact) mass is 317 g/mol. The molecular formula is C14H18F3N3O2. The van der Waals surface area contributed by atoms with Gasteiger partial charge >= 0.3 is 6.36 Å². The van der Waals surface area contributed by atoms with Gasteiger partial charge in [0.05, 0.1) is 6.54 Å². The second-order valence-corrected chi connectivity index (χ2v) is 5.23. The number of primary amides is 1. The molecule has 0 atom stereocenters. The van der Waals surface area contributed by atoms with E-state index in [1.54, 1.807) is 13.0 Å². The van der Waals surface area contributed by atoms with Crippen molar-refractivity contribution in [1.82, 2.24) is 4.90 Å². The molecule has 0 radical (unpaired) electrons. The Morgan fingerprint density at radius 3 is 2.41 bits per heavy atom. The zero-order valence-electron chi connectivity index (χ0n) is 12.2. The van der Waals surface area contributed by atoms with Crippen molar-refractivity contribution in [2.24, 2.45) is 5.73 Å². The molecule has 0 aliphatic carbocycles. The summed E-state index contributed by atoms with van der Waals surface area (Å²) in [5.41, 5.74) is 6.74. The van der Waals surface area contributed by atoms with E-state index in [1.165, 1.54) is 12.1 Å². The first kappa shape index (κ1) is 16.4. The Kier molecular flexibility index (Phi) is 4.80. The van der Waals surface area contributed by atoms with E-state index < -0.39 is 6.36 Å². The van der Waals surface area contributed by atoms with Gasteiger partial charge in [-0.1, -0.05) is 0 Å². The number of hydrogen-bond acceptors (Lipinski definition) is 4. The standard InChI is InChI=1S/C14H18F3N3O2/c1-10-8-11(22-14(15,16)17)2-3-12(10)20-6-4-19(5-7-20)9-13(18)21/h2-3,8H,4-7,9H2,1H3,(H2,18,21). The molecule has 1 amide bonds. The van der Waals surface area contributed by atoms with Crippen molar-refractivity contribution in [3.05, 3.63) is 23.8 Å². The molecular weight excluding hydrogens is 299 g/mol. The number of rotatable bonds is 4. The number of carbonyl (C=O) groups excluding carboxylic acids is 1. The van der Waals surface area contributed by atoms with Crippen LogP contribution in [0.3, 0.4) is 0 Å². The SMILES string of the molecule is Cc1cc(OC(F)(F)F)ccc1N1CCN(CC(N)=O)CC1. The Morgan fingerprint density at radius 2 is 1.91 bits per heavy atom. The summed E-state index contributed by atoms with van der Waals surface area (Å²) < 4.78 is 40.5. The van der Waals surface area contributed by atoms with Gasteiger partial charge in [-0.05, 0) is 30.7 Å². The van der Waals surface area contributed by atoms with E-state index >= 15 is 0 Å². The first-order chi connectivity index (χ1) is 10.2. The van der Waals surface area contributed by atoms with Gasteiger partial charge in [-0.25, -0.2) is 0 Å². The van der Waals surface area contributed by atoms with Gasteiger partial charge < -0.3 is 15.4 Å². The number of aryl methyl sites for hydroxylation is 1. The van der Waals surface area contributed by atoms with Gasteiger partial charge in [-0.15, -0.1) is 13.2 Å². The third kappa shape index (κ3) is 4.52. The van der Waals surface area contributed by atoms with Crippen LogP contribution >= 0.6 is 0 Å². The van der Waals surface area contributed by atoms with Crippen LogP contribution in [0.5, 0.6) is 5.75 Å². The van der Waals surface area contributed by atoms with Crippen LogP contribution in [-0.4, -0.2) is 49.9 Å². The number of amides is 1. The predicted octanol–water partition coefficient (Wildman–Crippen LogP) is 1.50. The zero-order chi connectivity index (χ0) is 16.3. The van der Waals surface area contributed by atoms with Crippen molar-refractivity contribution in [3.8, 4) is 5.75 Å². The van der Waals surface area contributed by atoms with Crippen LogP contribution < -0.4 is 15.4 Å². The van der Waals surface area contributed by atoms with E-state index in [0.717, 1.165) is 5.69 Å². The van der Waals surface area contributed by atoms with Gasteiger partial charge in [0.15, 0.2) is 0 Å². The maximum Gasteiger partial charge on any atom is 0.573 e. The molecule has 0 saturated carbocycles. The Labute approximate surface area is 126 Å². The zero-order valence-corrected chi connectivity index (χ0v) is 12.2. The van der Waals surface area contributed by atoms with E-state index in [2.05, 4.69) is 9.64 Å². The molecule has 1 aromatic carbocycles. The number of hydrogen-bond donors (Lipinski definition) is 1. The molecule has 8 heteroatoms. The lowest BCUT2D eigenvalue weighted by atomic mass is 10.1. The largest absolute Gasteiger partial charge is 0.573 e. The summed E-state index contributed by atoms with van der Waals surface area (Å²) in [4.78, 5) is 14.9. The third-order valence-corrected chi connectivity index (χ3v) is 3.49. The summed E-state index contributed by atoms with van der Waals surface area (Å²) in [7, 11) is 0. The number of anilines is 1. The molecule has 1 heterocycles. The molecule has 1 fully saturated rings. The van der Waals surface area contributed by atoms with Crippen molar-refractivity contribution in [2.75, 3.05) is 37.6 Å². The second kappa shape index (κ2) is 6.43. The van der Waals surface area contributed by atoms with Crippen molar-refractivity contribution in [2.45, 2.75) is 13.3 Å². The molecule has 1 aliphatic heterocycles. The van der Waals surface area contributed by atoms with Crippen LogP contribution in [-0.2, 0) is 4.79 Å². The summed E-state index contributed by atoms with van der Waals surface area (Å²) in [6.07, 6.45) is -4.69. The summed E-state index contributed by atoms with van der Waals surface area (Å²) in [6.45, 7) is 4.72. The summed E-state index contributed by atoms with van der Waals surface area (Å²) >= 11 is 0. The minimum absolute atomic E-state index is 0.221. The maximum atomic E-state index is 12.2. The molecule has 0 spiro atoms. The van der Waals surface area contributed by atoms with Gasteiger partial charge in [0.2, 0.25) is 5.91 Å².